The summed E-state index contributed by atoms with van der Waals surface area (Å²) < 4.78 is 27.3. The summed E-state index contributed by atoms with van der Waals surface area (Å²) in [6.07, 6.45) is 5.31. The molecule has 0 saturated carbocycles. The molecule has 490 valence electrons. The molecule has 15 rings (SSSR count). The summed E-state index contributed by atoms with van der Waals surface area (Å²) in [5, 5.41) is 23.2. The van der Waals surface area contributed by atoms with E-state index in [0.717, 1.165) is 212 Å². The maximum atomic E-state index is 5.46. The second kappa shape index (κ2) is 27.8. The summed E-state index contributed by atoms with van der Waals surface area (Å²) >= 11 is 7.17. The zero-order chi connectivity index (χ0) is 68.5. The molecule has 0 saturated heterocycles. The summed E-state index contributed by atoms with van der Waals surface area (Å²) in [7, 11) is 4.05. The molecule has 24 heteroatoms. The number of aromatic nitrogens is 15. The number of halogens is 2. The number of imidazole rings is 4. The van der Waals surface area contributed by atoms with Crippen LogP contribution in [0.1, 0.15) is 86.2 Å². The Hall–Kier alpha value is -10.6. The number of anilines is 5. The molecule has 0 amide bonds. The summed E-state index contributed by atoms with van der Waals surface area (Å²) in [5.74, 6) is 7.01. The smallest absolute Gasteiger partial charge is 0.141 e. The highest BCUT2D eigenvalue weighted by Crippen LogP contribution is 2.39. The van der Waals surface area contributed by atoms with Gasteiger partial charge < -0.3 is 53.6 Å². The average molecular weight is 1420 g/mol. The van der Waals surface area contributed by atoms with Crippen LogP contribution in [0.2, 0.25) is 0 Å². The highest BCUT2D eigenvalue weighted by Gasteiger charge is 2.21. The molecule has 0 atom stereocenters. The van der Waals surface area contributed by atoms with Gasteiger partial charge in [-0.1, -0.05) is 20.6 Å². The summed E-state index contributed by atoms with van der Waals surface area (Å²) in [4.78, 5) is 37.6. The number of nitrogens with one attached hydrogen (secondary N) is 4. The number of aromatic amines is 2. The van der Waals surface area contributed by atoms with Crippen LogP contribution in [-0.2, 0) is 14.1 Å². The fourth-order valence-corrected chi connectivity index (χ4v) is 12.7. The Bertz CT molecular complexity index is 5270. The first-order valence-corrected chi connectivity index (χ1v) is 32.5. The molecule has 0 aliphatic rings. The minimum atomic E-state index is 0.757. The molecule has 6 N–H and O–H groups in total. The Morgan fingerprint density at radius 1 is 0.385 bits per heavy atom. The second-order valence-electron chi connectivity index (χ2n) is 23.6. The van der Waals surface area contributed by atoms with Crippen LogP contribution >= 0.6 is 31.9 Å². The van der Waals surface area contributed by atoms with Gasteiger partial charge in [-0.25, -0.2) is 19.9 Å². The van der Waals surface area contributed by atoms with E-state index >= 15 is 0 Å². The fourth-order valence-electron chi connectivity index (χ4n) is 11.6. The van der Waals surface area contributed by atoms with Crippen molar-refractivity contribution in [2.45, 2.75) is 104 Å². The Morgan fingerprint density at radius 3 is 1.15 bits per heavy atom. The topological polar surface area (TPSA) is 286 Å². The maximum Gasteiger partial charge on any atom is 0.141 e. The Balaban J connectivity index is 0.000000126. The van der Waals surface area contributed by atoms with Gasteiger partial charge in [0, 0.05) is 63.9 Å². The molecule has 15 aromatic rings. The number of aryl methyl sites for hydroxylation is 17. The van der Waals surface area contributed by atoms with Crippen LogP contribution in [-0.4, -0.2) is 74.6 Å². The lowest BCUT2D eigenvalue weighted by atomic mass is 10.0. The molecular formula is C72H74Br2N18O4. The first-order chi connectivity index (χ1) is 45.8. The van der Waals surface area contributed by atoms with Gasteiger partial charge in [0.1, 0.15) is 68.4 Å². The van der Waals surface area contributed by atoms with Gasteiger partial charge >= 0.3 is 0 Å². The second-order valence-corrected chi connectivity index (χ2v) is 25.3. The number of fused-ring (bicyclic) bond motifs is 4. The number of benzene rings is 4. The van der Waals surface area contributed by atoms with Crippen molar-refractivity contribution in [3.63, 3.8) is 0 Å². The number of pyridine rings is 3. The van der Waals surface area contributed by atoms with Gasteiger partial charge in [0.05, 0.1) is 90.4 Å². The van der Waals surface area contributed by atoms with Gasteiger partial charge in [0.2, 0.25) is 0 Å². The third-order valence-electron chi connectivity index (χ3n) is 16.6. The van der Waals surface area contributed by atoms with Crippen molar-refractivity contribution in [3.05, 3.63) is 199 Å². The lowest BCUT2D eigenvalue weighted by Crippen LogP contribution is -1.97. The van der Waals surface area contributed by atoms with Crippen LogP contribution < -0.4 is 16.4 Å². The number of hydrogen-bond donors (Lipinski definition) is 5. The zero-order valence-electron chi connectivity index (χ0n) is 56.6. The van der Waals surface area contributed by atoms with Crippen molar-refractivity contribution in [2.24, 2.45) is 14.1 Å². The molecule has 0 spiro atoms. The average Bonchev–Trinajstić information content (AvgIpc) is 1.61. The summed E-state index contributed by atoms with van der Waals surface area (Å²) in [6, 6.07) is 28.3. The van der Waals surface area contributed by atoms with E-state index in [0.29, 0.717) is 0 Å². The van der Waals surface area contributed by atoms with E-state index in [-0.39, 0.29) is 0 Å². The SMILES string of the molecule is Cc1nc2c(Br)cc(-c3c(C)noc3C)cc2[nH]1.Cc1nc2c(Nc3cccnc3C)cc(-c3c(C)noc3C)cc2[nH]1.Cc1ncccc1N.Cc1ncccc1Nc1cc(-c2c(C)noc2C)cc2c1nc(C)n2C.Cc1noc(C)c1-c1cc(Br)c2nc(C)n(C)c2c1. The minimum absolute atomic E-state index is 0.757. The molecule has 0 aliphatic carbocycles. The predicted octanol–water partition coefficient (Wildman–Crippen LogP) is 18.0. The number of hydrogen-bond acceptors (Lipinski definition) is 18. The van der Waals surface area contributed by atoms with Crippen LogP contribution in [0, 0.1) is 104 Å². The molecule has 4 aromatic carbocycles. The molecule has 0 radical (unpaired) electrons. The van der Waals surface area contributed by atoms with Crippen molar-refractivity contribution in [1.29, 1.82) is 0 Å². The van der Waals surface area contributed by atoms with Crippen molar-refractivity contribution >= 4 is 104 Å². The summed E-state index contributed by atoms with van der Waals surface area (Å²) in [5.41, 5.74) is 32.6. The van der Waals surface area contributed by atoms with Gasteiger partial charge in [-0.15, -0.1) is 0 Å². The van der Waals surface area contributed by atoms with Crippen molar-refractivity contribution in [1.82, 2.24) is 74.6 Å². The molecule has 96 heavy (non-hydrogen) atoms. The lowest BCUT2D eigenvalue weighted by molar-refractivity contribution is 0.393. The molecule has 11 aromatic heterocycles. The van der Waals surface area contributed by atoms with E-state index in [1.165, 1.54) is 0 Å². The van der Waals surface area contributed by atoms with Crippen LogP contribution in [0.4, 0.5) is 28.4 Å². The number of nitrogens with zero attached hydrogens (tertiary/aromatic N) is 13. The van der Waals surface area contributed by atoms with Crippen LogP contribution in [0.3, 0.4) is 0 Å². The summed E-state index contributed by atoms with van der Waals surface area (Å²) in [6.45, 7) is 29.3. The van der Waals surface area contributed by atoms with E-state index in [2.05, 4.69) is 161 Å². The highest BCUT2D eigenvalue weighted by atomic mass is 79.9. The molecule has 11 heterocycles. The largest absolute Gasteiger partial charge is 0.397 e. The number of H-pyrrole nitrogens is 2. The Morgan fingerprint density at radius 2 is 0.740 bits per heavy atom. The monoisotopic (exact) mass is 1410 g/mol. The van der Waals surface area contributed by atoms with Gasteiger partial charge in [-0.2, -0.15) is 0 Å². The maximum absolute atomic E-state index is 5.46. The van der Waals surface area contributed by atoms with E-state index in [1.54, 1.807) is 18.6 Å². The number of nitrogen functional groups attached to an aromatic ring is 1. The first-order valence-electron chi connectivity index (χ1n) is 30.9. The highest BCUT2D eigenvalue weighted by molar-refractivity contribution is 9.11. The van der Waals surface area contributed by atoms with Crippen molar-refractivity contribution < 1.29 is 18.1 Å². The quantitative estimate of drug-likeness (QED) is 0.0945. The van der Waals surface area contributed by atoms with E-state index in [4.69, 9.17) is 28.8 Å². The predicted molar refractivity (Wildman–Crippen MR) is 386 cm³/mol. The standard InChI is InChI=1S/C20H21N5O.C19H19N5O.C14H14BrN3O.C13H12BrN3O.C6H8N2/c1-11-16(7-6-8-21-11)23-17-9-15(19-12(2)24-26-13(19)3)10-18-20(17)22-14(4)25(18)5;1-10-15(6-5-7-20-10)23-17-9-14(18-11(2)24-25-12(18)3)8-16-19(17)22-13(4)21-16;1-7-13(8(2)19-17-7)10-5-11(15)14-12(6-10)18(4)9(3)16-14;1-6-12(7(2)18-17-6)9-4-10(14)13-11(5-9)15-8(3)16-13;1-5-6(7)3-2-4-8-5/h6-10,23H,1-5H3;5-9,23H,1-4H3,(H,21,22);5-6H,1-4H3;4-5H,1-3H3,(H,15,16);2-4H,7H2,1H3. The van der Waals surface area contributed by atoms with Crippen LogP contribution in [0.15, 0.2) is 131 Å². The van der Waals surface area contributed by atoms with E-state index in [9.17, 15) is 0 Å². The number of nitrogens with two attached hydrogens (primary N) is 1. The van der Waals surface area contributed by atoms with Gasteiger partial charge in [0.15, 0.2) is 0 Å². The first kappa shape index (κ1) is 66.9. The van der Waals surface area contributed by atoms with Crippen LogP contribution in [0.5, 0.6) is 0 Å². The van der Waals surface area contributed by atoms with Crippen molar-refractivity contribution in [3.8, 4) is 44.5 Å². The third kappa shape index (κ3) is 13.8. The van der Waals surface area contributed by atoms with Gasteiger partial charge in [-0.3, -0.25) is 15.0 Å². The number of rotatable bonds is 8. The zero-order valence-corrected chi connectivity index (χ0v) is 59.8. The molecule has 0 aliphatic heterocycles. The van der Waals surface area contributed by atoms with Crippen LogP contribution in [0.25, 0.3) is 88.6 Å². The van der Waals surface area contributed by atoms with Gasteiger partial charge in [-0.05, 0) is 243 Å². The molecule has 0 bridgehead atoms. The van der Waals surface area contributed by atoms with E-state index < -0.39 is 0 Å². The van der Waals surface area contributed by atoms with Gasteiger partial charge in [0.25, 0.3) is 0 Å². The molecule has 22 nitrogen and oxygen atoms in total. The lowest BCUT2D eigenvalue weighted by Gasteiger charge is -2.12. The Kier molecular flexibility index (Phi) is 19.3. The van der Waals surface area contributed by atoms with Crippen molar-refractivity contribution in [2.75, 3.05) is 16.4 Å². The normalized spacial score (nSPS) is 11.1. The van der Waals surface area contributed by atoms with E-state index in [1.807, 2.05) is 154 Å². The minimum Gasteiger partial charge on any atom is -0.397 e. The molecule has 0 fully saturated rings. The molecule has 0 unspecified atom stereocenters. The Labute approximate surface area is 571 Å². The third-order valence-corrected chi connectivity index (χ3v) is 17.8. The molecular weight excluding hydrogens is 1340 g/mol. The fraction of sp³-hybridized carbons (Fsp3) is 0.236.